The van der Waals surface area contributed by atoms with Gasteiger partial charge in [-0.05, 0) is 89.9 Å². The Kier molecular flexibility index (Phi) is 48.9. The second kappa shape index (κ2) is 51.4. The third-order valence-corrected chi connectivity index (χ3v) is 13.5. The van der Waals surface area contributed by atoms with Gasteiger partial charge in [-0.25, -0.2) is 4.79 Å². The molecule has 0 aromatic rings. The fraction of sp³-hybridized carbons (Fsp3) is 0.844. The molecule has 14 nitrogen and oxygen atoms in total. The summed E-state index contributed by atoms with van der Waals surface area (Å²) in [5, 5.41) is 0. The highest BCUT2D eigenvalue weighted by Crippen LogP contribution is 2.18. The van der Waals surface area contributed by atoms with E-state index in [1.807, 2.05) is 0 Å². The fourth-order valence-corrected chi connectivity index (χ4v) is 8.78. The van der Waals surface area contributed by atoms with E-state index in [1.54, 1.807) is 21.1 Å². The minimum absolute atomic E-state index is 0.0860. The highest BCUT2D eigenvalue weighted by atomic mass is 16.7. The Morgan fingerprint density at radius 3 is 1.08 bits per heavy atom. The van der Waals surface area contributed by atoms with Crippen LogP contribution in [-0.4, -0.2) is 126 Å². The summed E-state index contributed by atoms with van der Waals surface area (Å²) in [5.41, 5.74) is 0. The molecule has 0 amide bonds. The molecular weight excluding hydrogens is 989 g/mol. The van der Waals surface area contributed by atoms with Crippen LogP contribution in [0.2, 0.25) is 0 Å². The van der Waals surface area contributed by atoms with Gasteiger partial charge in [-0.1, -0.05) is 154 Å². The standard InChI is InChI=1S/C64H118N2O12/c1-9-11-13-33-43-57(76-62(70)50-41-49-61(69)75-56-53-65(3,4)5)45-35-27-21-15-17-23-29-37-47-59(67)73-54-39-31-25-19-20-26-32-40-55-74-60(68)48-38-30-24-18-16-22-28-36-46-58(44-34-14-12-10-2)77-63(71)51-42-52-64(72)78-66(6,7)8/h27-28,35-36,57-58H,9-26,29-34,37-56H2,1-8H3/q+2/b35-27-,36-28-. The zero-order valence-electron chi connectivity index (χ0n) is 51.4. The summed E-state index contributed by atoms with van der Waals surface area (Å²) in [7, 11) is 11.5. The average molecular weight is 1110 g/mol. The van der Waals surface area contributed by atoms with Crippen LogP contribution in [0.25, 0.3) is 0 Å². The van der Waals surface area contributed by atoms with Crippen molar-refractivity contribution >= 4 is 35.8 Å². The maximum absolute atomic E-state index is 12.6. The smallest absolute Gasteiger partial charge is 0.366 e. The first-order chi connectivity index (χ1) is 37.4. The van der Waals surface area contributed by atoms with E-state index in [9.17, 15) is 28.8 Å². The molecule has 0 spiro atoms. The summed E-state index contributed by atoms with van der Waals surface area (Å²) < 4.78 is 28.7. The number of allylic oxidation sites excluding steroid dienone is 2. The number of quaternary nitrogens is 2. The number of rotatable bonds is 55. The lowest BCUT2D eigenvalue weighted by Crippen LogP contribution is -2.38. The lowest BCUT2D eigenvalue weighted by Gasteiger charge is -2.23. The second-order valence-electron chi connectivity index (χ2n) is 23.5. The quantitative estimate of drug-likeness (QED) is 0.0142. The van der Waals surface area contributed by atoms with Gasteiger partial charge < -0.3 is 28.2 Å². The molecule has 14 heteroatoms. The Labute approximate surface area is 476 Å². The molecule has 0 radical (unpaired) electrons. The van der Waals surface area contributed by atoms with Crippen LogP contribution in [0.5, 0.6) is 0 Å². The number of unbranched alkanes of at least 4 members (excludes halogenated alkanes) is 23. The number of esters is 5. The first-order valence-electron chi connectivity index (χ1n) is 31.4. The maximum atomic E-state index is 12.6. The SMILES string of the molecule is CCCCCCC(C/C=C\CCCCCCCC(=O)OCCCCCCCCCCOC(=O)CCCCCCC/C=C\CC(CCCCCC)OC(=O)CCCC(=O)O[N+](C)(C)C)OC(=O)CCCC(=O)OCC[N+](C)(C)C. The Bertz CT molecular complexity index is 1570. The van der Waals surface area contributed by atoms with Crippen LogP contribution in [0.1, 0.15) is 271 Å². The maximum Gasteiger partial charge on any atom is 0.366 e. The van der Waals surface area contributed by atoms with E-state index in [0.29, 0.717) is 51.9 Å². The van der Waals surface area contributed by atoms with Gasteiger partial charge in [0.15, 0.2) is 0 Å². The van der Waals surface area contributed by atoms with E-state index < -0.39 is 0 Å². The molecule has 454 valence electrons. The van der Waals surface area contributed by atoms with Crippen LogP contribution in [0.3, 0.4) is 0 Å². The Morgan fingerprint density at radius 2 is 0.679 bits per heavy atom. The van der Waals surface area contributed by atoms with Crippen molar-refractivity contribution in [2.24, 2.45) is 0 Å². The second-order valence-corrected chi connectivity index (χ2v) is 23.5. The molecule has 0 fully saturated rings. The van der Waals surface area contributed by atoms with Crippen LogP contribution in [0.15, 0.2) is 24.3 Å². The molecule has 2 unspecified atom stereocenters. The fourth-order valence-electron chi connectivity index (χ4n) is 8.78. The summed E-state index contributed by atoms with van der Waals surface area (Å²) in [4.78, 5) is 78.8. The van der Waals surface area contributed by atoms with Crippen LogP contribution < -0.4 is 0 Å². The van der Waals surface area contributed by atoms with Crippen molar-refractivity contribution in [1.29, 1.82) is 0 Å². The van der Waals surface area contributed by atoms with E-state index in [0.717, 1.165) is 184 Å². The number of carbonyl (C=O) groups is 6. The normalized spacial score (nSPS) is 12.7. The first-order valence-corrected chi connectivity index (χ1v) is 31.4. The van der Waals surface area contributed by atoms with Crippen LogP contribution >= 0.6 is 0 Å². The molecule has 0 heterocycles. The van der Waals surface area contributed by atoms with E-state index in [-0.39, 0.29) is 78.4 Å². The van der Waals surface area contributed by atoms with Gasteiger partial charge in [-0.15, -0.1) is 4.65 Å². The zero-order chi connectivity index (χ0) is 57.8. The molecule has 0 aliphatic carbocycles. The summed E-state index contributed by atoms with van der Waals surface area (Å²) >= 11 is 0. The van der Waals surface area contributed by atoms with Crippen molar-refractivity contribution in [3.63, 3.8) is 0 Å². The van der Waals surface area contributed by atoms with Crippen molar-refractivity contribution in [2.75, 3.05) is 68.7 Å². The molecule has 0 aliphatic heterocycles. The van der Waals surface area contributed by atoms with E-state index >= 15 is 0 Å². The van der Waals surface area contributed by atoms with E-state index in [2.05, 4.69) is 59.3 Å². The van der Waals surface area contributed by atoms with Crippen molar-refractivity contribution in [3.05, 3.63) is 24.3 Å². The lowest BCUT2D eigenvalue weighted by atomic mass is 10.1. The number of carbonyl (C=O) groups excluding carboxylic acids is 6. The topological polar surface area (TPSA) is 158 Å². The summed E-state index contributed by atoms with van der Waals surface area (Å²) in [6.07, 6.45) is 44.4. The minimum Gasteiger partial charge on any atom is -0.466 e. The minimum atomic E-state index is -0.312. The number of hydroxylamine groups is 3. The Balaban J connectivity index is 3.86. The molecule has 0 N–H and O–H groups in total. The van der Waals surface area contributed by atoms with Crippen LogP contribution in [-0.2, 0) is 57.3 Å². The molecule has 0 aromatic carbocycles. The van der Waals surface area contributed by atoms with Gasteiger partial charge in [0.25, 0.3) is 0 Å². The van der Waals surface area contributed by atoms with Gasteiger partial charge in [-0.2, -0.15) is 0 Å². The van der Waals surface area contributed by atoms with Crippen molar-refractivity contribution < 1.29 is 66.4 Å². The monoisotopic (exact) mass is 1110 g/mol. The molecule has 0 saturated carbocycles. The largest absolute Gasteiger partial charge is 0.466 e. The van der Waals surface area contributed by atoms with Crippen molar-refractivity contribution in [1.82, 2.24) is 0 Å². The van der Waals surface area contributed by atoms with Gasteiger partial charge in [-0.3, -0.25) is 28.8 Å². The number of hydrogen-bond acceptors (Lipinski definition) is 12. The molecule has 0 bridgehead atoms. The summed E-state index contributed by atoms with van der Waals surface area (Å²) in [6, 6.07) is 0. The molecule has 0 saturated heterocycles. The van der Waals surface area contributed by atoms with Gasteiger partial charge in [0.2, 0.25) is 0 Å². The number of likely N-dealkylation sites (N-methyl/N-ethyl adjacent to an activating group) is 1. The first kappa shape index (κ1) is 74.2. The predicted molar refractivity (Wildman–Crippen MR) is 314 cm³/mol. The third-order valence-electron chi connectivity index (χ3n) is 13.5. The van der Waals surface area contributed by atoms with E-state index in [1.165, 1.54) is 25.7 Å². The van der Waals surface area contributed by atoms with Gasteiger partial charge in [0.1, 0.15) is 46.5 Å². The molecule has 2 atom stereocenters. The van der Waals surface area contributed by atoms with Gasteiger partial charge >= 0.3 is 35.8 Å². The number of hydrogen-bond donors (Lipinski definition) is 0. The Hall–Kier alpha value is -3.78. The molecule has 0 rings (SSSR count). The highest BCUT2D eigenvalue weighted by molar-refractivity contribution is 5.73. The predicted octanol–water partition coefficient (Wildman–Crippen LogP) is 15.1. The molecule has 0 aliphatic rings. The molecule has 78 heavy (non-hydrogen) atoms. The van der Waals surface area contributed by atoms with Crippen LogP contribution in [0.4, 0.5) is 0 Å². The van der Waals surface area contributed by atoms with Crippen LogP contribution in [0, 0.1) is 0 Å². The molecular formula is C64H118N2O12+2. The average Bonchev–Trinajstić information content (AvgIpc) is 3.36. The highest BCUT2D eigenvalue weighted by Gasteiger charge is 2.19. The number of nitrogens with zero attached hydrogens (tertiary/aromatic N) is 2. The Morgan fingerprint density at radius 1 is 0.346 bits per heavy atom. The zero-order valence-corrected chi connectivity index (χ0v) is 51.4. The van der Waals surface area contributed by atoms with Crippen molar-refractivity contribution in [2.45, 2.75) is 283 Å². The number of ether oxygens (including phenoxy) is 5. The molecule has 0 aromatic heterocycles. The summed E-state index contributed by atoms with van der Waals surface area (Å²) in [5.74, 6) is -1.23. The van der Waals surface area contributed by atoms with Gasteiger partial charge in [0, 0.05) is 44.9 Å². The lowest BCUT2D eigenvalue weighted by molar-refractivity contribution is -1.04. The van der Waals surface area contributed by atoms with Crippen molar-refractivity contribution in [3.8, 4) is 0 Å². The van der Waals surface area contributed by atoms with Gasteiger partial charge in [0.05, 0.1) is 40.8 Å². The summed E-state index contributed by atoms with van der Waals surface area (Å²) in [6.45, 7) is 6.52. The third kappa shape index (κ3) is 55.5. The van der Waals surface area contributed by atoms with E-state index in [4.69, 9.17) is 28.5 Å².